The number of para-hydroxylation sites is 1. The number of benzene rings is 1. The molecule has 1 aromatic heterocycles. The van der Waals surface area contributed by atoms with Crippen molar-refractivity contribution in [1.82, 2.24) is 4.98 Å². The summed E-state index contributed by atoms with van der Waals surface area (Å²) in [5.74, 6) is 0.601. The molecule has 0 saturated carbocycles. The highest BCUT2D eigenvalue weighted by molar-refractivity contribution is 5.88. The summed E-state index contributed by atoms with van der Waals surface area (Å²) < 4.78 is 0. The number of fused-ring (bicyclic) bond motifs is 1. The van der Waals surface area contributed by atoms with Gasteiger partial charge in [0.2, 0.25) is 0 Å². The van der Waals surface area contributed by atoms with Crippen LogP contribution in [-0.2, 0) is 0 Å². The van der Waals surface area contributed by atoms with Gasteiger partial charge in [0.05, 0.1) is 0 Å². The van der Waals surface area contributed by atoms with Crippen molar-refractivity contribution in [2.24, 2.45) is 5.92 Å². The lowest BCUT2D eigenvalue weighted by Crippen LogP contribution is -1.76. The van der Waals surface area contributed by atoms with Crippen LogP contribution in [-0.4, -0.2) is 4.98 Å². The molecule has 0 bridgehead atoms. The minimum atomic E-state index is 0.601. The first-order valence-electron chi connectivity index (χ1n) is 5.01. The lowest BCUT2D eigenvalue weighted by atomic mass is 10.1. The summed E-state index contributed by atoms with van der Waals surface area (Å²) in [5, 5.41) is 1.30. The van der Waals surface area contributed by atoms with E-state index in [1.165, 1.54) is 16.5 Å². The van der Waals surface area contributed by atoms with E-state index in [0.29, 0.717) is 5.92 Å². The second-order valence-corrected chi connectivity index (χ2v) is 3.89. The molecule has 1 N–H and O–H groups in total. The van der Waals surface area contributed by atoms with Crippen LogP contribution in [0.25, 0.3) is 17.0 Å². The maximum atomic E-state index is 3.26. The normalized spacial score (nSPS) is 11.9. The molecule has 1 heterocycles. The van der Waals surface area contributed by atoms with E-state index in [1.54, 1.807) is 0 Å². The molecule has 1 aromatic carbocycles. The van der Waals surface area contributed by atoms with Gasteiger partial charge in [-0.3, -0.25) is 0 Å². The predicted octanol–water partition coefficient (Wildman–Crippen LogP) is 3.84. The van der Waals surface area contributed by atoms with Crippen molar-refractivity contribution in [3.05, 3.63) is 42.1 Å². The molecule has 0 aliphatic heterocycles. The molecule has 2 rings (SSSR count). The van der Waals surface area contributed by atoms with Crippen LogP contribution in [0.2, 0.25) is 0 Å². The molecule has 0 spiro atoms. The summed E-state index contributed by atoms with van der Waals surface area (Å²) >= 11 is 0. The van der Waals surface area contributed by atoms with Gasteiger partial charge in [0.25, 0.3) is 0 Å². The largest absolute Gasteiger partial charge is 0.361 e. The zero-order valence-corrected chi connectivity index (χ0v) is 8.62. The summed E-state index contributed by atoms with van der Waals surface area (Å²) in [4.78, 5) is 3.26. The Labute approximate surface area is 84.5 Å². The van der Waals surface area contributed by atoms with E-state index in [2.05, 4.69) is 61.4 Å². The predicted molar refractivity (Wildman–Crippen MR) is 62.2 cm³/mol. The Morgan fingerprint density at radius 2 is 2.00 bits per heavy atom. The zero-order chi connectivity index (χ0) is 9.97. The number of hydrogen-bond acceptors (Lipinski definition) is 0. The topological polar surface area (TPSA) is 15.8 Å². The van der Waals surface area contributed by atoms with Crippen molar-refractivity contribution in [2.45, 2.75) is 13.8 Å². The molecule has 0 fully saturated rings. The molecule has 0 amide bonds. The third kappa shape index (κ3) is 1.72. The number of allylic oxidation sites excluding steroid dienone is 1. The molecular weight excluding hydrogens is 170 g/mol. The average Bonchev–Trinajstić information content (AvgIpc) is 2.58. The lowest BCUT2D eigenvalue weighted by Gasteiger charge is -1.93. The van der Waals surface area contributed by atoms with E-state index in [-0.39, 0.29) is 0 Å². The number of rotatable bonds is 2. The van der Waals surface area contributed by atoms with E-state index in [4.69, 9.17) is 0 Å². The quantitative estimate of drug-likeness (QED) is 0.731. The highest BCUT2D eigenvalue weighted by Crippen LogP contribution is 2.19. The first kappa shape index (κ1) is 9.07. The van der Waals surface area contributed by atoms with Crippen molar-refractivity contribution in [3.63, 3.8) is 0 Å². The number of H-pyrrole nitrogens is 1. The van der Waals surface area contributed by atoms with Crippen LogP contribution in [0.5, 0.6) is 0 Å². The van der Waals surface area contributed by atoms with Crippen LogP contribution in [0.3, 0.4) is 0 Å². The summed E-state index contributed by atoms with van der Waals surface area (Å²) in [6, 6.07) is 8.37. The van der Waals surface area contributed by atoms with Crippen LogP contribution in [0.1, 0.15) is 19.4 Å². The fourth-order valence-corrected chi connectivity index (χ4v) is 1.53. The van der Waals surface area contributed by atoms with Gasteiger partial charge in [0.1, 0.15) is 0 Å². The van der Waals surface area contributed by atoms with Crippen molar-refractivity contribution < 1.29 is 0 Å². The second-order valence-electron chi connectivity index (χ2n) is 3.89. The molecule has 72 valence electrons. The van der Waals surface area contributed by atoms with Gasteiger partial charge in [-0.15, -0.1) is 0 Å². The van der Waals surface area contributed by atoms with E-state index < -0.39 is 0 Å². The Morgan fingerprint density at radius 1 is 1.21 bits per heavy atom. The number of hydrogen-bond donors (Lipinski definition) is 1. The zero-order valence-electron chi connectivity index (χ0n) is 8.62. The summed E-state index contributed by atoms with van der Waals surface area (Å²) in [6.07, 6.45) is 6.46. The third-order valence-corrected chi connectivity index (χ3v) is 2.28. The smallest absolute Gasteiger partial charge is 0.0460 e. The molecule has 0 saturated heterocycles. The number of aromatic amines is 1. The van der Waals surface area contributed by atoms with Crippen LogP contribution in [0.4, 0.5) is 0 Å². The molecule has 0 aliphatic rings. The summed E-state index contributed by atoms with van der Waals surface area (Å²) in [5.41, 5.74) is 2.48. The maximum absolute atomic E-state index is 3.26. The maximum Gasteiger partial charge on any atom is 0.0460 e. The van der Waals surface area contributed by atoms with Crippen LogP contribution < -0.4 is 0 Å². The fraction of sp³-hybridized carbons (Fsp3) is 0.231. The number of nitrogens with one attached hydrogen (secondary N) is 1. The highest BCUT2D eigenvalue weighted by atomic mass is 14.7. The number of aromatic nitrogens is 1. The van der Waals surface area contributed by atoms with E-state index in [0.717, 1.165) is 0 Å². The van der Waals surface area contributed by atoms with Crippen LogP contribution in [0, 0.1) is 5.92 Å². The molecule has 0 aliphatic carbocycles. The molecule has 0 radical (unpaired) electrons. The first-order valence-corrected chi connectivity index (χ1v) is 5.01. The molecule has 1 heteroatoms. The Morgan fingerprint density at radius 3 is 2.79 bits per heavy atom. The standard InChI is InChI=1S/C13H15N/c1-10(2)7-8-11-9-14-13-6-4-3-5-12(11)13/h3-10,14H,1-2H3/b8-7+. The Kier molecular flexibility index (Phi) is 2.40. The van der Waals surface area contributed by atoms with Crippen molar-refractivity contribution in [3.8, 4) is 0 Å². The van der Waals surface area contributed by atoms with Gasteiger partial charge in [-0.1, -0.05) is 44.2 Å². The van der Waals surface area contributed by atoms with Gasteiger partial charge >= 0.3 is 0 Å². The van der Waals surface area contributed by atoms with E-state index in [1.807, 2.05) is 0 Å². The average molecular weight is 185 g/mol. The van der Waals surface area contributed by atoms with Crippen LogP contribution >= 0.6 is 0 Å². The van der Waals surface area contributed by atoms with Gasteiger partial charge in [-0.2, -0.15) is 0 Å². The minimum absolute atomic E-state index is 0.601. The Balaban J connectivity index is 2.43. The summed E-state index contributed by atoms with van der Waals surface area (Å²) in [6.45, 7) is 4.37. The van der Waals surface area contributed by atoms with Gasteiger partial charge in [-0.05, 0) is 17.5 Å². The molecule has 14 heavy (non-hydrogen) atoms. The monoisotopic (exact) mass is 185 g/mol. The molecule has 2 aromatic rings. The first-order chi connectivity index (χ1) is 6.77. The Hall–Kier alpha value is -1.50. The van der Waals surface area contributed by atoms with Crippen molar-refractivity contribution >= 4 is 17.0 Å². The highest BCUT2D eigenvalue weighted by Gasteiger charge is 1.98. The van der Waals surface area contributed by atoms with E-state index in [9.17, 15) is 0 Å². The lowest BCUT2D eigenvalue weighted by molar-refractivity contribution is 0.836. The molecule has 1 nitrogen and oxygen atoms in total. The summed E-state index contributed by atoms with van der Waals surface area (Å²) in [7, 11) is 0. The van der Waals surface area contributed by atoms with Gasteiger partial charge in [0, 0.05) is 17.1 Å². The Bertz CT molecular complexity index is 449. The molecule has 0 unspecified atom stereocenters. The second kappa shape index (κ2) is 3.70. The third-order valence-electron chi connectivity index (χ3n) is 2.28. The molecular formula is C13H15N. The van der Waals surface area contributed by atoms with Gasteiger partial charge in [0.15, 0.2) is 0 Å². The van der Waals surface area contributed by atoms with Crippen LogP contribution in [0.15, 0.2) is 36.5 Å². The van der Waals surface area contributed by atoms with Gasteiger partial charge < -0.3 is 4.98 Å². The van der Waals surface area contributed by atoms with Crippen molar-refractivity contribution in [2.75, 3.05) is 0 Å². The SMILES string of the molecule is CC(C)/C=C/c1c[nH]c2ccccc12. The fourth-order valence-electron chi connectivity index (χ4n) is 1.53. The van der Waals surface area contributed by atoms with E-state index >= 15 is 0 Å². The van der Waals surface area contributed by atoms with Crippen molar-refractivity contribution in [1.29, 1.82) is 0 Å². The molecule has 0 atom stereocenters. The van der Waals surface area contributed by atoms with Gasteiger partial charge in [-0.25, -0.2) is 0 Å². The minimum Gasteiger partial charge on any atom is -0.361 e.